The van der Waals surface area contributed by atoms with Gasteiger partial charge in [0.15, 0.2) is 15.3 Å². The summed E-state index contributed by atoms with van der Waals surface area (Å²) < 4.78 is 23.0. The van der Waals surface area contributed by atoms with Crippen LogP contribution in [0.5, 0.6) is 0 Å². The highest BCUT2D eigenvalue weighted by Crippen LogP contribution is 2.42. The van der Waals surface area contributed by atoms with Crippen molar-refractivity contribution in [2.24, 2.45) is 0 Å². The third-order valence-corrected chi connectivity index (χ3v) is 4.40. The summed E-state index contributed by atoms with van der Waals surface area (Å²) in [6, 6.07) is 0. The van der Waals surface area contributed by atoms with Gasteiger partial charge in [-0.25, -0.2) is 8.42 Å². The highest BCUT2D eigenvalue weighted by atomic mass is 32.2. The summed E-state index contributed by atoms with van der Waals surface area (Å²) >= 11 is 0. The quantitative estimate of drug-likeness (QED) is 0.753. The lowest BCUT2D eigenvalue weighted by Crippen LogP contribution is -2.53. The fraction of sp³-hybridized carbons (Fsp3) is 0.750. The first kappa shape index (κ1) is 15.2. The first-order chi connectivity index (χ1) is 7.82. The molecule has 0 aromatic rings. The van der Waals surface area contributed by atoms with Crippen molar-refractivity contribution in [1.29, 1.82) is 0 Å². The van der Waals surface area contributed by atoms with E-state index in [2.05, 4.69) is 0 Å². The molecule has 0 spiro atoms. The third-order valence-electron chi connectivity index (χ3n) is 3.34. The van der Waals surface area contributed by atoms with E-state index in [4.69, 9.17) is 0 Å². The molecule has 1 unspecified atom stereocenters. The van der Waals surface area contributed by atoms with Gasteiger partial charge in [0.05, 0.1) is 11.1 Å². The summed E-state index contributed by atoms with van der Waals surface area (Å²) in [4.78, 5) is 13.3. The van der Waals surface area contributed by atoms with Crippen molar-refractivity contribution in [3.05, 3.63) is 11.6 Å². The van der Waals surface area contributed by atoms with E-state index in [1.54, 1.807) is 24.8 Å². The Hall–Kier alpha value is -0.880. The first-order valence-electron chi connectivity index (χ1n) is 5.73. The molecule has 0 aromatic heterocycles. The highest BCUT2D eigenvalue weighted by molar-refractivity contribution is 7.91. The van der Waals surface area contributed by atoms with Gasteiger partial charge >= 0.3 is 0 Å². The van der Waals surface area contributed by atoms with Crippen molar-refractivity contribution >= 4 is 15.7 Å². The van der Waals surface area contributed by atoms with Crippen LogP contribution in [0.25, 0.3) is 0 Å². The number of hydrogen-bond acceptors (Lipinski definition) is 4. The zero-order valence-corrected chi connectivity index (χ0v) is 12.5. The Morgan fingerprint density at radius 3 is 2.06 bits per heavy atom. The Bertz CT molecular complexity index is 502. The van der Waals surface area contributed by atoms with Gasteiger partial charge in [-0.2, -0.15) is 0 Å². The number of rotatable bonds is 2. The molecule has 18 heavy (non-hydrogen) atoms. The highest BCUT2D eigenvalue weighted by Gasteiger charge is 2.50. The van der Waals surface area contributed by atoms with Crippen molar-refractivity contribution < 1.29 is 18.3 Å². The molecular formula is C12H21NO4S. The Kier molecular flexibility index (Phi) is 3.43. The fourth-order valence-corrected chi connectivity index (χ4v) is 3.69. The number of carbonyl (C=O) groups is 1. The number of aliphatic hydroxyl groups is 1. The third kappa shape index (κ3) is 2.31. The molecule has 5 nitrogen and oxygen atoms in total. The van der Waals surface area contributed by atoms with E-state index in [1.807, 2.05) is 13.8 Å². The predicted octanol–water partition coefficient (Wildman–Crippen LogP) is 0.695. The molecule has 1 heterocycles. The molecule has 1 rings (SSSR count). The van der Waals surface area contributed by atoms with Crippen LogP contribution in [0.4, 0.5) is 0 Å². The van der Waals surface area contributed by atoms with E-state index in [9.17, 15) is 18.3 Å². The molecular weight excluding hydrogens is 254 g/mol. The van der Waals surface area contributed by atoms with Crippen LogP contribution in [0.3, 0.4) is 0 Å². The standard InChI is InChI=1S/C12H21NO4S/c1-8(14)13-11(2,3)7-9(12(13,4)5)10(15)18(6,16)17/h7,10,15H,1-6H3. The summed E-state index contributed by atoms with van der Waals surface area (Å²) in [6.07, 6.45) is 2.65. The fourth-order valence-electron chi connectivity index (χ4n) is 2.87. The maximum absolute atomic E-state index is 11.8. The molecule has 0 saturated heterocycles. The lowest BCUT2D eigenvalue weighted by molar-refractivity contribution is -0.136. The minimum Gasteiger partial charge on any atom is -0.373 e. The SMILES string of the molecule is CC(=O)N1C(C)(C)C=C(C(O)S(C)(=O)=O)C1(C)C. The molecule has 0 radical (unpaired) electrons. The van der Waals surface area contributed by atoms with Gasteiger partial charge in [0.1, 0.15) is 0 Å². The molecule has 1 aliphatic rings. The second-order valence-electron chi connectivity index (χ2n) is 5.85. The van der Waals surface area contributed by atoms with Gasteiger partial charge in [0.2, 0.25) is 5.91 Å². The Morgan fingerprint density at radius 1 is 1.33 bits per heavy atom. The maximum atomic E-state index is 11.8. The lowest BCUT2D eigenvalue weighted by Gasteiger charge is -2.42. The van der Waals surface area contributed by atoms with Gasteiger partial charge in [0, 0.05) is 13.2 Å². The van der Waals surface area contributed by atoms with E-state index < -0.39 is 26.4 Å². The van der Waals surface area contributed by atoms with E-state index in [-0.39, 0.29) is 5.91 Å². The Morgan fingerprint density at radius 2 is 1.78 bits per heavy atom. The van der Waals surface area contributed by atoms with Gasteiger partial charge in [-0.15, -0.1) is 0 Å². The number of carbonyl (C=O) groups excluding carboxylic acids is 1. The lowest BCUT2D eigenvalue weighted by atomic mass is 9.96. The zero-order chi connectivity index (χ0) is 14.5. The number of hydrogen-bond donors (Lipinski definition) is 1. The minimum absolute atomic E-state index is 0.156. The zero-order valence-electron chi connectivity index (χ0n) is 11.7. The molecule has 1 N–H and O–H groups in total. The minimum atomic E-state index is -3.61. The second-order valence-corrected chi connectivity index (χ2v) is 7.95. The number of sulfone groups is 1. The van der Waals surface area contributed by atoms with E-state index in [0.717, 1.165) is 6.26 Å². The normalized spacial score (nSPS) is 23.7. The summed E-state index contributed by atoms with van der Waals surface area (Å²) in [6.45, 7) is 8.55. The Balaban J connectivity index is 3.37. The van der Waals surface area contributed by atoms with Crippen LogP contribution in [0, 0.1) is 0 Å². The summed E-state index contributed by atoms with van der Waals surface area (Å²) in [5.41, 5.74) is -2.66. The van der Waals surface area contributed by atoms with Crippen molar-refractivity contribution in [1.82, 2.24) is 4.90 Å². The van der Waals surface area contributed by atoms with Crippen molar-refractivity contribution in [2.45, 2.75) is 51.1 Å². The van der Waals surface area contributed by atoms with Crippen molar-refractivity contribution in [3.8, 4) is 0 Å². The first-order valence-corrected chi connectivity index (χ1v) is 7.68. The van der Waals surface area contributed by atoms with E-state index >= 15 is 0 Å². The van der Waals surface area contributed by atoms with Gasteiger partial charge in [-0.1, -0.05) is 6.08 Å². The second kappa shape index (κ2) is 4.06. The topological polar surface area (TPSA) is 74.7 Å². The van der Waals surface area contributed by atoms with E-state index in [1.165, 1.54) is 6.92 Å². The predicted molar refractivity (Wildman–Crippen MR) is 69.6 cm³/mol. The molecule has 6 heteroatoms. The smallest absolute Gasteiger partial charge is 0.220 e. The number of nitrogens with zero attached hydrogens (tertiary/aromatic N) is 1. The summed E-state index contributed by atoms with van der Waals surface area (Å²) in [5.74, 6) is -0.156. The molecule has 1 amide bonds. The molecule has 0 aromatic carbocycles. The Labute approximate surface area is 108 Å². The summed E-state index contributed by atoms with van der Waals surface area (Å²) in [5, 5.41) is 9.96. The molecule has 1 aliphatic heterocycles. The molecule has 0 aliphatic carbocycles. The number of amides is 1. The van der Waals surface area contributed by atoms with Crippen LogP contribution in [0.1, 0.15) is 34.6 Å². The van der Waals surface area contributed by atoms with Crippen LogP contribution in [0.2, 0.25) is 0 Å². The molecule has 1 atom stereocenters. The average Bonchev–Trinajstić information content (AvgIpc) is 2.27. The van der Waals surface area contributed by atoms with Gasteiger partial charge in [0.25, 0.3) is 0 Å². The van der Waals surface area contributed by atoms with Crippen LogP contribution in [0.15, 0.2) is 11.6 Å². The van der Waals surface area contributed by atoms with Crippen LogP contribution in [-0.4, -0.2) is 47.1 Å². The van der Waals surface area contributed by atoms with Crippen LogP contribution >= 0.6 is 0 Å². The van der Waals surface area contributed by atoms with Crippen LogP contribution < -0.4 is 0 Å². The summed E-state index contributed by atoms with van der Waals surface area (Å²) in [7, 11) is -3.61. The molecule has 0 fully saturated rings. The molecule has 104 valence electrons. The van der Waals surface area contributed by atoms with Crippen molar-refractivity contribution in [2.75, 3.05) is 6.26 Å². The van der Waals surface area contributed by atoms with Crippen molar-refractivity contribution in [3.63, 3.8) is 0 Å². The number of aliphatic hydroxyl groups excluding tert-OH is 1. The van der Waals surface area contributed by atoms with Crippen LogP contribution in [-0.2, 0) is 14.6 Å². The monoisotopic (exact) mass is 275 g/mol. The molecule has 0 bridgehead atoms. The maximum Gasteiger partial charge on any atom is 0.220 e. The van der Waals surface area contributed by atoms with Gasteiger partial charge in [-0.05, 0) is 33.3 Å². The van der Waals surface area contributed by atoms with Gasteiger partial charge < -0.3 is 10.0 Å². The molecule has 0 saturated carbocycles. The van der Waals surface area contributed by atoms with E-state index in [0.29, 0.717) is 5.57 Å². The largest absolute Gasteiger partial charge is 0.373 e. The average molecular weight is 275 g/mol. The van der Waals surface area contributed by atoms with Gasteiger partial charge in [-0.3, -0.25) is 4.79 Å².